The van der Waals surface area contributed by atoms with E-state index in [0.29, 0.717) is 18.7 Å². The van der Waals surface area contributed by atoms with Crippen molar-refractivity contribution in [1.29, 1.82) is 0 Å². The fourth-order valence-electron chi connectivity index (χ4n) is 4.87. The summed E-state index contributed by atoms with van der Waals surface area (Å²) in [7, 11) is 0. The van der Waals surface area contributed by atoms with Crippen LogP contribution in [-0.2, 0) is 19.4 Å². The Bertz CT molecular complexity index is 1480. The highest BCUT2D eigenvalue weighted by molar-refractivity contribution is 5.95. The van der Waals surface area contributed by atoms with Gasteiger partial charge in [0.25, 0.3) is 5.91 Å². The van der Waals surface area contributed by atoms with Crippen molar-refractivity contribution in [2.45, 2.75) is 39.7 Å². The molecule has 2 heterocycles. The molecule has 37 heavy (non-hydrogen) atoms. The van der Waals surface area contributed by atoms with E-state index in [9.17, 15) is 4.79 Å². The Kier molecular flexibility index (Phi) is 7.41. The SMILES string of the molecule is CCCc1c(C(=O)N(CCc2ccccc2)Cc2ccccc2)cnc2c(-c3ccccc3)c(C)nn12. The molecule has 0 atom stereocenters. The standard InChI is InChI=1S/C32H32N4O/c1-3-13-29-28(22-33-31-30(24(2)34-36(29)31)27-18-11-6-12-19-27)32(37)35(23-26-16-9-5-10-17-26)21-20-25-14-7-4-8-15-25/h4-12,14-19,22H,3,13,20-21,23H2,1-2H3. The number of benzene rings is 3. The zero-order valence-electron chi connectivity index (χ0n) is 21.5. The van der Waals surface area contributed by atoms with E-state index >= 15 is 0 Å². The van der Waals surface area contributed by atoms with Crippen molar-refractivity contribution in [2.75, 3.05) is 6.54 Å². The van der Waals surface area contributed by atoms with Gasteiger partial charge in [0.05, 0.1) is 17.0 Å². The van der Waals surface area contributed by atoms with E-state index in [1.807, 2.05) is 70.9 Å². The summed E-state index contributed by atoms with van der Waals surface area (Å²) in [6, 6.07) is 30.7. The lowest BCUT2D eigenvalue weighted by atomic mass is 10.1. The van der Waals surface area contributed by atoms with Crippen molar-refractivity contribution in [3.63, 3.8) is 0 Å². The molecule has 5 rings (SSSR count). The van der Waals surface area contributed by atoms with Crippen molar-refractivity contribution >= 4 is 11.6 Å². The van der Waals surface area contributed by atoms with Gasteiger partial charge in [-0.15, -0.1) is 0 Å². The topological polar surface area (TPSA) is 50.5 Å². The van der Waals surface area contributed by atoms with Crippen molar-refractivity contribution in [2.24, 2.45) is 0 Å². The fourth-order valence-corrected chi connectivity index (χ4v) is 4.87. The summed E-state index contributed by atoms with van der Waals surface area (Å²) >= 11 is 0. The molecule has 0 radical (unpaired) electrons. The van der Waals surface area contributed by atoms with Crippen molar-refractivity contribution in [1.82, 2.24) is 19.5 Å². The lowest BCUT2D eigenvalue weighted by Gasteiger charge is -2.24. The fraction of sp³-hybridized carbons (Fsp3) is 0.219. The van der Waals surface area contributed by atoms with Gasteiger partial charge < -0.3 is 4.90 Å². The van der Waals surface area contributed by atoms with Crippen molar-refractivity contribution in [3.05, 3.63) is 125 Å². The summed E-state index contributed by atoms with van der Waals surface area (Å²) in [5.74, 6) is -0.00736. The number of aromatic nitrogens is 3. The molecule has 5 aromatic rings. The van der Waals surface area contributed by atoms with Gasteiger partial charge in [0, 0.05) is 24.8 Å². The minimum absolute atomic E-state index is 0.00736. The first-order chi connectivity index (χ1) is 18.2. The highest BCUT2D eigenvalue weighted by Crippen LogP contribution is 2.29. The van der Waals surface area contributed by atoms with Crippen LogP contribution in [0.25, 0.3) is 16.8 Å². The van der Waals surface area contributed by atoms with E-state index in [1.165, 1.54) is 5.56 Å². The van der Waals surface area contributed by atoms with E-state index in [1.54, 1.807) is 6.20 Å². The van der Waals surface area contributed by atoms with Crippen molar-refractivity contribution in [3.8, 4) is 11.1 Å². The average molecular weight is 489 g/mol. The number of carbonyl (C=O) groups excluding carboxylic acids is 1. The zero-order chi connectivity index (χ0) is 25.6. The largest absolute Gasteiger partial charge is 0.334 e. The van der Waals surface area contributed by atoms with Gasteiger partial charge in [0.15, 0.2) is 5.65 Å². The Labute approximate surface area is 218 Å². The number of amides is 1. The summed E-state index contributed by atoms with van der Waals surface area (Å²) in [6.07, 6.45) is 4.20. The van der Waals surface area contributed by atoms with Gasteiger partial charge in [-0.25, -0.2) is 9.50 Å². The number of fused-ring (bicyclic) bond motifs is 1. The van der Waals surface area contributed by atoms with E-state index in [-0.39, 0.29) is 5.91 Å². The minimum atomic E-state index is -0.00736. The van der Waals surface area contributed by atoms with Crippen LogP contribution in [0.15, 0.2) is 97.2 Å². The van der Waals surface area contributed by atoms with Crippen molar-refractivity contribution < 1.29 is 4.79 Å². The summed E-state index contributed by atoms with van der Waals surface area (Å²) in [4.78, 5) is 20.9. The number of hydrogen-bond donors (Lipinski definition) is 0. The van der Waals surface area contributed by atoms with Crippen LogP contribution >= 0.6 is 0 Å². The average Bonchev–Trinajstić information content (AvgIpc) is 3.28. The normalized spacial score (nSPS) is 11.1. The zero-order valence-corrected chi connectivity index (χ0v) is 21.5. The maximum Gasteiger partial charge on any atom is 0.257 e. The first kappa shape index (κ1) is 24.4. The van der Waals surface area contributed by atoms with Gasteiger partial charge in [-0.05, 0) is 36.5 Å². The summed E-state index contributed by atoms with van der Waals surface area (Å²) in [5.41, 5.74) is 7.66. The Morgan fingerprint density at radius 2 is 1.46 bits per heavy atom. The van der Waals surface area contributed by atoms with Gasteiger partial charge in [-0.2, -0.15) is 5.10 Å². The molecule has 0 unspecified atom stereocenters. The van der Waals surface area contributed by atoms with Crippen LogP contribution in [0.2, 0.25) is 0 Å². The molecule has 186 valence electrons. The molecule has 0 bridgehead atoms. The second kappa shape index (κ2) is 11.2. The van der Waals surface area contributed by atoms with E-state index in [2.05, 4.69) is 43.3 Å². The highest BCUT2D eigenvalue weighted by Gasteiger charge is 2.24. The van der Waals surface area contributed by atoms with E-state index < -0.39 is 0 Å². The van der Waals surface area contributed by atoms with Crippen LogP contribution in [0.3, 0.4) is 0 Å². The number of nitrogens with zero attached hydrogens (tertiary/aromatic N) is 4. The van der Waals surface area contributed by atoms with Gasteiger partial charge in [0.2, 0.25) is 0 Å². The third-order valence-corrected chi connectivity index (χ3v) is 6.71. The first-order valence-corrected chi connectivity index (χ1v) is 13.0. The van der Waals surface area contributed by atoms with Crippen LogP contribution in [0, 0.1) is 6.92 Å². The van der Waals surface area contributed by atoms with Crippen LogP contribution < -0.4 is 0 Å². The second-order valence-corrected chi connectivity index (χ2v) is 9.38. The highest BCUT2D eigenvalue weighted by atomic mass is 16.2. The second-order valence-electron chi connectivity index (χ2n) is 9.38. The third-order valence-electron chi connectivity index (χ3n) is 6.71. The van der Waals surface area contributed by atoms with E-state index in [0.717, 1.165) is 53.0 Å². The molecule has 0 N–H and O–H groups in total. The molecular weight excluding hydrogens is 456 g/mol. The molecule has 1 amide bonds. The molecule has 5 nitrogen and oxygen atoms in total. The van der Waals surface area contributed by atoms with Gasteiger partial charge >= 0.3 is 0 Å². The lowest BCUT2D eigenvalue weighted by molar-refractivity contribution is 0.0742. The Morgan fingerprint density at radius 3 is 2.11 bits per heavy atom. The first-order valence-electron chi connectivity index (χ1n) is 13.0. The maximum absolute atomic E-state index is 14.1. The summed E-state index contributed by atoms with van der Waals surface area (Å²) in [6.45, 7) is 5.31. The lowest BCUT2D eigenvalue weighted by Crippen LogP contribution is -2.33. The van der Waals surface area contributed by atoms with Crippen LogP contribution in [-0.4, -0.2) is 31.9 Å². The minimum Gasteiger partial charge on any atom is -0.334 e. The Hall–Kier alpha value is -4.25. The molecule has 2 aromatic heterocycles. The third kappa shape index (κ3) is 5.31. The molecule has 0 aliphatic carbocycles. The summed E-state index contributed by atoms with van der Waals surface area (Å²) in [5, 5.41) is 4.87. The van der Waals surface area contributed by atoms with Crippen LogP contribution in [0.1, 0.15) is 46.2 Å². The number of carbonyl (C=O) groups is 1. The summed E-state index contributed by atoms with van der Waals surface area (Å²) < 4.78 is 1.90. The Morgan fingerprint density at radius 1 is 0.838 bits per heavy atom. The van der Waals surface area contributed by atoms with E-state index in [4.69, 9.17) is 10.1 Å². The molecule has 0 aliphatic rings. The predicted molar refractivity (Wildman–Crippen MR) is 148 cm³/mol. The molecule has 3 aromatic carbocycles. The van der Waals surface area contributed by atoms with Gasteiger partial charge in [-0.1, -0.05) is 104 Å². The Balaban J connectivity index is 1.54. The molecule has 0 spiro atoms. The molecule has 0 saturated carbocycles. The number of rotatable bonds is 9. The van der Waals surface area contributed by atoms with Crippen LogP contribution in [0.4, 0.5) is 0 Å². The molecular formula is C32H32N4O. The van der Waals surface area contributed by atoms with Gasteiger partial charge in [0.1, 0.15) is 0 Å². The molecule has 0 saturated heterocycles. The molecule has 0 fully saturated rings. The smallest absolute Gasteiger partial charge is 0.257 e. The molecule has 5 heteroatoms. The van der Waals surface area contributed by atoms with Crippen LogP contribution in [0.5, 0.6) is 0 Å². The predicted octanol–water partition coefficient (Wildman–Crippen LogP) is 6.54. The number of aryl methyl sites for hydroxylation is 2. The van der Waals surface area contributed by atoms with Gasteiger partial charge in [-0.3, -0.25) is 4.79 Å². The maximum atomic E-state index is 14.1. The quantitative estimate of drug-likeness (QED) is 0.237. The number of hydrogen-bond acceptors (Lipinski definition) is 3. The monoisotopic (exact) mass is 488 g/mol. The molecule has 0 aliphatic heterocycles.